The van der Waals surface area contributed by atoms with Crippen molar-refractivity contribution in [3.8, 4) is 6.19 Å². The smallest absolute Gasteiger partial charge is 0.181 e. The second-order valence-corrected chi connectivity index (χ2v) is 6.35. The third-order valence-electron chi connectivity index (χ3n) is 4.40. The van der Waals surface area contributed by atoms with Crippen molar-refractivity contribution in [2.45, 2.75) is 19.4 Å². The maximum Gasteiger partial charge on any atom is 0.181 e. The second-order valence-electron chi connectivity index (χ2n) is 6.35. The molecule has 1 aliphatic heterocycles. The maximum absolute atomic E-state index is 9.62. The number of hydrogen-bond acceptors (Lipinski definition) is 7. The van der Waals surface area contributed by atoms with Crippen molar-refractivity contribution in [3.05, 3.63) is 47.3 Å². The molecular weight excluding hydrogens is 328 g/mol. The summed E-state index contributed by atoms with van der Waals surface area (Å²) in [5.41, 5.74) is 9.68. The number of anilines is 1. The van der Waals surface area contributed by atoms with Gasteiger partial charge < -0.3 is 16.2 Å². The van der Waals surface area contributed by atoms with E-state index in [0.717, 1.165) is 24.1 Å². The molecule has 138 valence electrons. The summed E-state index contributed by atoms with van der Waals surface area (Å²) < 4.78 is 0. The maximum atomic E-state index is 9.62. The molecule has 1 saturated heterocycles. The number of nitrogens with zero attached hydrogens (tertiary/aromatic N) is 2. The van der Waals surface area contributed by atoms with Crippen LogP contribution < -0.4 is 16.4 Å². The first-order valence-electron chi connectivity index (χ1n) is 8.55. The van der Waals surface area contributed by atoms with Crippen LogP contribution in [0.15, 0.2) is 36.2 Å². The molecule has 0 radical (unpaired) electrons. The minimum absolute atomic E-state index is 0.169. The zero-order chi connectivity index (χ0) is 19.1. The number of allylic oxidation sites excluding steroid dienone is 2. The Morgan fingerprint density at radius 1 is 1.54 bits per heavy atom. The van der Waals surface area contributed by atoms with E-state index in [1.807, 2.05) is 38.5 Å². The van der Waals surface area contributed by atoms with E-state index < -0.39 is 0 Å². The number of β-amino-alcohol motifs (C(OH)–C–C–N with tert-alkyl or cyclic N) is 1. The van der Waals surface area contributed by atoms with Crippen LogP contribution in [0, 0.1) is 16.9 Å². The second kappa shape index (κ2) is 9.04. The van der Waals surface area contributed by atoms with E-state index in [1.165, 1.54) is 0 Å². The Morgan fingerprint density at radius 2 is 2.31 bits per heavy atom. The number of rotatable bonds is 7. The van der Waals surface area contributed by atoms with Gasteiger partial charge in [0.25, 0.3) is 0 Å². The average Bonchev–Trinajstić information content (AvgIpc) is 3.04. The van der Waals surface area contributed by atoms with Crippen molar-refractivity contribution in [2.24, 2.45) is 0 Å². The average molecular weight is 354 g/mol. The van der Waals surface area contributed by atoms with Crippen LogP contribution in [-0.4, -0.2) is 48.5 Å². The van der Waals surface area contributed by atoms with Gasteiger partial charge in [-0.1, -0.05) is 6.07 Å². The quantitative estimate of drug-likeness (QED) is 0.217. The molecule has 26 heavy (non-hydrogen) atoms. The van der Waals surface area contributed by atoms with E-state index in [4.69, 9.17) is 16.4 Å². The van der Waals surface area contributed by atoms with E-state index >= 15 is 0 Å². The summed E-state index contributed by atoms with van der Waals surface area (Å²) in [7, 11) is 1.83. The van der Waals surface area contributed by atoms with Gasteiger partial charge in [-0.15, -0.1) is 0 Å². The fourth-order valence-corrected chi connectivity index (χ4v) is 2.94. The van der Waals surface area contributed by atoms with Gasteiger partial charge in [0, 0.05) is 37.9 Å². The number of nitriles is 1. The number of nitrogens with one attached hydrogen (secondary N) is 3. The first-order chi connectivity index (χ1) is 12.5. The van der Waals surface area contributed by atoms with E-state index in [2.05, 4.69) is 15.5 Å². The van der Waals surface area contributed by atoms with E-state index in [1.54, 1.807) is 12.1 Å². The lowest BCUT2D eigenvalue weighted by molar-refractivity contribution is 0.179. The molecule has 7 nitrogen and oxygen atoms in total. The van der Waals surface area contributed by atoms with Crippen LogP contribution in [0.1, 0.15) is 24.5 Å². The Labute approximate surface area is 154 Å². The van der Waals surface area contributed by atoms with Gasteiger partial charge in [-0.3, -0.25) is 15.6 Å². The summed E-state index contributed by atoms with van der Waals surface area (Å²) in [4.78, 5) is 2.08. The standard InChI is InChI=1S/C19H26N6O/c1-13(10-23-2)14-3-4-17(21)16(9-14)19(22)18(24-12-20)6-8-25-7-5-15(26)11-25/h3-4,6,9-10,15,22-24,26H,5,7-8,11,21H2,1-2H3/b13-10+,18-6-,22-19?/t15-/m1/s1. The molecule has 0 bridgehead atoms. The van der Waals surface area contributed by atoms with E-state index in [-0.39, 0.29) is 11.8 Å². The molecule has 1 aliphatic rings. The summed E-state index contributed by atoms with van der Waals surface area (Å²) in [5.74, 6) is 0. The number of nitrogen functional groups attached to an aromatic ring is 1. The molecule has 1 heterocycles. The number of hydrogen-bond donors (Lipinski definition) is 5. The molecule has 0 saturated carbocycles. The van der Waals surface area contributed by atoms with Crippen LogP contribution in [0.25, 0.3) is 5.57 Å². The molecular formula is C19H26N6O. The lowest BCUT2D eigenvalue weighted by atomic mass is 9.99. The third kappa shape index (κ3) is 4.85. The minimum atomic E-state index is -0.301. The zero-order valence-electron chi connectivity index (χ0n) is 15.2. The van der Waals surface area contributed by atoms with Gasteiger partial charge in [0.2, 0.25) is 0 Å². The van der Waals surface area contributed by atoms with Crippen molar-refractivity contribution in [1.29, 1.82) is 10.7 Å². The molecule has 0 spiro atoms. The normalized spacial score (nSPS) is 18.5. The molecule has 1 aromatic carbocycles. The van der Waals surface area contributed by atoms with Gasteiger partial charge in [0.15, 0.2) is 6.19 Å². The van der Waals surface area contributed by atoms with E-state index in [0.29, 0.717) is 30.0 Å². The highest BCUT2D eigenvalue weighted by Crippen LogP contribution is 2.22. The van der Waals surface area contributed by atoms with Crippen LogP contribution in [0.2, 0.25) is 0 Å². The topological polar surface area (TPSA) is 121 Å². The summed E-state index contributed by atoms with van der Waals surface area (Å²) in [5, 5.41) is 32.8. The highest BCUT2D eigenvalue weighted by molar-refractivity contribution is 6.13. The van der Waals surface area contributed by atoms with Gasteiger partial charge in [-0.2, -0.15) is 5.26 Å². The number of likely N-dealkylation sites (tertiary alicyclic amines) is 1. The summed E-state index contributed by atoms with van der Waals surface area (Å²) >= 11 is 0. The van der Waals surface area contributed by atoms with Crippen LogP contribution in [0.5, 0.6) is 0 Å². The molecule has 0 aliphatic carbocycles. The van der Waals surface area contributed by atoms with Gasteiger partial charge in [-0.25, -0.2) is 0 Å². The van der Waals surface area contributed by atoms with Crippen molar-refractivity contribution in [3.63, 3.8) is 0 Å². The van der Waals surface area contributed by atoms with Crippen molar-refractivity contribution in [2.75, 3.05) is 32.4 Å². The highest BCUT2D eigenvalue weighted by Gasteiger charge is 2.19. The molecule has 0 amide bonds. The summed E-state index contributed by atoms with van der Waals surface area (Å²) in [6.07, 6.45) is 6.01. The Balaban J connectivity index is 2.26. The lowest BCUT2D eigenvalue weighted by Gasteiger charge is -2.15. The highest BCUT2D eigenvalue weighted by atomic mass is 16.3. The van der Waals surface area contributed by atoms with Crippen molar-refractivity contribution < 1.29 is 5.11 Å². The molecule has 6 N–H and O–H groups in total. The first kappa shape index (κ1) is 19.5. The van der Waals surface area contributed by atoms with Crippen LogP contribution in [0.4, 0.5) is 5.69 Å². The van der Waals surface area contributed by atoms with Crippen molar-refractivity contribution in [1.82, 2.24) is 15.5 Å². The minimum Gasteiger partial charge on any atom is -0.398 e. The van der Waals surface area contributed by atoms with Gasteiger partial charge in [0.1, 0.15) is 0 Å². The predicted octanol–water partition coefficient (Wildman–Crippen LogP) is 1.24. The summed E-state index contributed by atoms with van der Waals surface area (Å²) in [6, 6.07) is 5.53. The fourth-order valence-electron chi connectivity index (χ4n) is 2.94. The van der Waals surface area contributed by atoms with Gasteiger partial charge >= 0.3 is 0 Å². The molecule has 1 aromatic rings. The molecule has 1 fully saturated rings. The number of aliphatic hydroxyl groups is 1. The summed E-state index contributed by atoms with van der Waals surface area (Å²) in [6.45, 7) is 3.94. The van der Waals surface area contributed by atoms with Crippen molar-refractivity contribution >= 4 is 17.0 Å². The Hall–Kier alpha value is -2.82. The SMILES string of the molecule is CN/C=C(\C)c1ccc(N)c(C(=N)/C(=C/CN2CC[C@@H](O)C2)NC#N)c1. The Morgan fingerprint density at radius 3 is 2.92 bits per heavy atom. The van der Waals surface area contributed by atoms with Crippen LogP contribution in [-0.2, 0) is 0 Å². The predicted molar refractivity (Wildman–Crippen MR) is 104 cm³/mol. The third-order valence-corrected chi connectivity index (χ3v) is 4.40. The molecule has 0 unspecified atom stereocenters. The Bertz CT molecular complexity index is 762. The monoisotopic (exact) mass is 354 g/mol. The largest absolute Gasteiger partial charge is 0.398 e. The first-order valence-corrected chi connectivity index (χ1v) is 8.55. The van der Waals surface area contributed by atoms with Crippen LogP contribution >= 0.6 is 0 Å². The van der Waals surface area contributed by atoms with Crippen LogP contribution in [0.3, 0.4) is 0 Å². The van der Waals surface area contributed by atoms with E-state index in [9.17, 15) is 5.11 Å². The molecule has 0 aromatic heterocycles. The van der Waals surface area contributed by atoms with Gasteiger partial charge in [0.05, 0.1) is 17.5 Å². The zero-order valence-corrected chi connectivity index (χ0v) is 15.2. The Kier molecular flexibility index (Phi) is 6.78. The molecule has 2 rings (SSSR count). The molecule has 7 heteroatoms. The number of nitrogens with two attached hydrogens (primary N) is 1. The van der Waals surface area contributed by atoms with Gasteiger partial charge in [-0.05, 0) is 48.9 Å². The lowest BCUT2D eigenvalue weighted by Crippen LogP contribution is -2.25. The number of benzene rings is 1. The number of aliphatic hydroxyl groups excluding tert-OH is 1. The molecule has 1 atom stereocenters. The fraction of sp³-hybridized carbons (Fsp3) is 0.368.